The predicted molar refractivity (Wildman–Crippen MR) is 103 cm³/mol. The first-order valence-corrected chi connectivity index (χ1v) is 9.15. The topological polar surface area (TPSA) is 56.5 Å². The largest absolute Gasteiger partial charge is 0.380 e. The fraction of sp³-hybridized carbons (Fsp3) is 0.867. The first-order chi connectivity index (χ1) is 10.5. The number of nitrogens with zero attached hydrogens (tertiary/aromatic N) is 2. The van der Waals surface area contributed by atoms with E-state index < -0.39 is 5.72 Å². The Hall–Kier alpha value is 0.200. The molecule has 0 aliphatic carbocycles. The number of thiol groups is 2. The fourth-order valence-corrected chi connectivity index (χ4v) is 2.38. The quantitative estimate of drug-likeness (QED) is 0.0755. The number of ether oxygens (including phenoxy) is 1. The first kappa shape index (κ1) is 23.2. The van der Waals surface area contributed by atoms with Gasteiger partial charge in [-0.05, 0) is 5.57 Å². The van der Waals surface area contributed by atoms with Crippen LogP contribution >= 0.6 is 25.3 Å². The van der Waals surface area contributed by atoms with Gasteiger partial charge in [0.1, 0.15) is 13.6 Å². The summed E-state index contributed by atoms with van der Waals surface area (Å²) in [6, 6.07) is 0. The molecule has 2 atom stereocenters. The van der Waals surface area contributed by atoms with Crippen molar-refractivity contribution in [1.29, 1.82) is 0 Å². The summed E-state index contributed by atoms with van der Waals surface area (Å²) in [4.78, 5) is 6.32. The molecule has 23 heavy (non-hydrogen) atoms. The maximum atomic E-state index is 6.50. The van der Waals surface area contributed by atoms with Crippen LogP contribution in [0.4, 0.5) is 0 Å². The van der Waals surface area contributed by atoms with Gasteiger partial charge < -0.3 is 4.74 Å². The lowest BCUT2D eigenvalue weighted by molar-refractivity contribution is -1.18. The molecule has 0 bridgehead atoms. The van der Waals surface area contributed by atoms with Crippen molar-refractivity contribution in [3.8, 4) is 0 Å². The molecule has 0 aromatic heterocycles. The lowest BCUT2D eigenvalue weighted by atomic mass is 10.2. The van der Waals surface area contributed by atoms with Crippen molar-refractivity contribution in [3.05, 3.63) is 12.2 Å². The Kier molecular flexibility index (Phi) is 10.3. The summed E-state index contributed by atoms with van der Waals surface area (Å²) in [5, 5.41) is 0. The Balaban J connectivity index is 4.74. The lowest BCUT2D eigenvalue weighted by Crippen LogP contribution is -2.71. The van der Waals surface area contributed by atoms with Gasteiger partial charge in [0.2, 0.25) is 0 Å². The third-order valence-electron chi connectivity index (χ3n) is 4.02. The highest BCUT2D eigenvalue weighted by Gasteiger charge is 2.46. The molecule has 0 spiro atoms. The number of nitrogens with one attached hydrogen (secondary N) is 1. The zero-order valence-electron chi connectivity index (χ0n) is 15.3. The van der Waals surface area contributed by atoms with Crippen molar-refractivity contribution in [1.82, 2.24) is 5.43 Å². The number of likely N-dealkylation sites (N-methyl/N-ethyl adjacent to an activating group) is 1. The molecule has 0 aromatic rings. The summed E-state index contributed by atoms with van der Waals surface area (Å²) in [5.74, 6) is 7.86. The third-order valence-corrected chi connectivity index (χ3v) is 4.65. The number of quaternary nitrogens is 2. The van der Waals surface area contributed by atoms with Gasteiger partial charge in [0.25, 0.3) is 5.72 Å². The van der Waals surface area contributed by atoms with E-state index in [0.29, 0.717) is 25.5 Å². The van der Waals surface area contributed by atoms with Gasteiger partial charge in [-0.1, -0.05) is 11.3 Å². The van der Waals surface area contributed by atoms with Crippen molar-refractivity contribution in [2.24, 2.45) is 5.84 Å². The van der Waals surface area contributed by atoms with Crippen LogP contribution in [0.5, 0.6) is 0 Å². The van der Waals surface area contributed by atoms with E-state index in [1.54, 1.807) is 0 Å². The molecule has 3 N–H and O–H groups in total. The monoisotopic (exact) mass is 368 g/mol. The zero-order valence-corrected chi connectivity index (χ0v) is 17.1. The van der Waals surface area contributed by atoms with E-state index in [2.05, 4.69) is 37.3 Å². The minimum Gasteiger partial charge on any atom is -0.380 e. The Morgan fingerprint density at radius 1 is 1.26 bits per heavy atom. The molecule has 0 aliphatic heterocycles. The van der Waals surface area contributed by atoms with E-state index >= 15 is 0 Å². The Morgan fingerprint density at radius 3 is 2.35 bits per heavy atom. The summed E-state index contributed by atoms with van der Waals surface area (Å²) >= 11 is 8.39. The second kappa shape index (κ2) is 10.2. The minimum atomic E-state index is -0.599. The number of rotatable bonds is 13. The van der Waals surface area contributed by atoms with Crippen molar-refractivity contribution >= 4 is 25.3 Å². The van der Waals surface area contributed by atoms with Gasteiger partial charge in [0.05, 0.1) is 20.3 Å². The van der Waals surface area contributed by atoms with Gasteiger partial charge >= 0.3 is 0 Å². The first-order valence-electron chi connectivity index (χ1n) is 7.89. The van der Waals surface area contributed by atoms with Gasteiger partial charge in [-0.25, -0.2) is 4.59 Å². The van der Waals surface area contributed by atoms with Gasteiger partial charge in [-0.2, -0.15) is 31.1 Å². The molecule has 0 heterocycles. The Morgan fingerprint density at radius 2 is 1.87 bits per heavy atom. The SMILES string of the molecule is C=C(CS)C[N+](C)(NC)OC(C)(C)[N+](C)(N)CCCOCCS. The van der Waals surface area contributed by atoms with E-state index in [0.717, 1.165) is 24.3 Å². The molecule has 0 radical (unpaired) electrons. The molecule has 8 heteroatoms. The summed E-state index contributed by atoms with van der Waals surface area (Å²) in [5.41, 5.74) is 3.57. The molecular formula is C15H36N4O2S2+2. The number of hydrogen-bond donors (Lipinski definition) is 4. The van der Waals surface area contributed by atoms with Crippen molar-refractivity contribution in [2.45, 2.75) is 26.0 Å². The van der Waals surface area contributed by atoms with Crippen LogP contribution in [-0.4, -0.2) is 74.0 Å². The minimum absolute atomic E-state index is 0.188. The summed E-state index contributed by atoms with van der Waals surface area (Å²) < 4.78 is 5.89. The van der Waals surface area contributed by atoms with Crippen LogP contribution in [-0.2, 0) is 9.57 Å². The van der Waals surface area contributed by atoms with E-state index in [-0.39, 0.29) is 9.35 Å². The van der Waals surface area contributed by atoms with Gasteiger partial charge in [0, 0.05) is 38.8 Å². The van der Waals surface area contributed by atoms with Gasteiger partial charge in [-0.3, -0.25) is 0 Å². The molecule has 0 fully saturated rings. The molecule has 0 amide bonds. The molecule has 2 unspecified atom stereocenters. The van der Waals surface area contributed by atoms with Gasteiger partial charge in [-0.15, -0.1) is 10.3 Å². The van der Waals surface area contributed by atoms with Crippen LogP contribution in [0.15, 0.2) is 12.2 Å². The number of hydrogen-bond acceptors (Lipinski definition) is 6. The molecule has 0 aliphatic rings. The summed E-state index contributed by atoms with van der Waals surface area (Å²) in [6.07, 6.45) is 0.861. The predicted octanol–water partition coefficient (Wildman–Crippen LogP) is 1.38. The third kappa shape index (κ3) is 8.22. The highest BCUT2D eigenvalue weighted by atomic mass is 32.1. The van der Waals surface area contributed by atoms with Crippen molar-refractivity contribution < 1.29 is 18.9 Å². The van der Waals surface area contributed by atoms with Crippen molar-refractivity contribution in [3.63, 3.8) is 0 Å². The average Bonchev–Trinajstić information content (AvgIpc) is 2.46. The normalized spacial score (nSPS) is 17.6. The smallest absolute Gasteiger partial charge is 0.267 e. The summed E-state index contributed by atoms with van der Waals surface area (Å²) in [7, 11) is 5.77. The van der Waals surface area contributed by atoms with Crippen LogP contribution in [0.3, 0.4) is 0 Å². The maximum Gasteiger partial charge on any atom is 0.267 e. The van der Waals surface area contributed by atoms with E-state index in [9.17, 15) is 0 Å². The van der Waals surface area contributed by atoms with Crippen LogP contribution in [0.2, 0.25) is 0 Å². The van der Waals surface area contributed by atoms with Crippen LogP contribution in [0.25, 0.3) is 0 Å². The highest BCUT2D eigenvalue weighted by Crippen LogP contribution is 2.24. The fourth-order valence-electron chi connectivity index (χ4n) is 2.15. The Bertz CT molecular complexity index is 367. The highest BCUT2D eigenvalue weighted by molar-refractivity contribution is 7.80. The molecular weight excluding hydrogens is 332 g/mol. The molecule has 0 rings (SSSR count). The lowest BCUT2D eigenvalue weighted by Gasteiger charge is -2.44. The molecule has 0 saturated heterocycles. The Labute approximate surface area is 152 Å². The summed E-state index contributed by atoms with van der Waals surface area (Å²) in [6.45, 7) is 10.7. The molecule has 0 saturated carbocycles. The van der Waals surface area contributed by atoms with Gasteiger partial charge in [0.15, 0.2) is 6.54 Å². The van der Waals surface area contributed by atoms with E-state index in [4.69, 9.17) is 15.4 Å². The average molecular weight is 369 g/mol. The molecule has 0 aromatic carbocycles. The molecule has 6 nitrogen and oxygen atoms in total. The standard InChI is InChI=1S/C15H34N4O2S2/c1-14(13-23)12-19(6,17-4)21-15(2,3)18(5,16)8-7-9-20-10-11-22/h17H,1,7-13,16H2,2-6H3/p+2. The van der Waals surface area contributed by atoms with Crippen LogP contribution in [0, 0.1) is 0 Å². The second-order valence-corrected chi connectivity index (χ2v) is 7.37. The zero-order chi connectivity index (χ0) is 18.1. The van der Waals surface area contributed by atoms with E-state index in [1.165, 1.54) is 0 Å². The molecule has 138 valence electrons. The number of hydroxylamine groups is 2. The maximum absolute atomic E-state index is 6.50. The van der Waals surface area contributed by atoms with E-state index in [1.807, 2.05) is 35.0 Å². The van der Waals surface area contributed by atoms with Crippen LogP contribution < -0.4 is 11.3 Å². The second-order valence-electron chi connectivity index (χ2n) is 6.61. The number of nitrogens with two attached hydrogens (primary N) is 1. The van der Waals surface area contributed by atoms with Crippen LogP contribution in [0.1, 0.15) is 20.3 Å². The van der Waals surface area contributed by atoms with Crippen molar-refractivity contribution in [2.75, 3.05) is 59.0 Å².